The minimum atomic E-state index is -0.574. The lowest BCUT2D eigenvalue weighted by molar-refractivity contribution is 0.179. The third-order valence-corrected chi connectivity index (χ3v) is 3.50. The van der Waals surface area contributed by atoms with E-state index in [9.17, 15) is 5.11 Å². The molecule has 3 N–H and O–H groups in total. The first-order valence-corrected chi connectivity index (χ1v) is 6.23. The summed E-state index contributed by atoms with van der Waals surface area (Å²) in [5.41, 5.74) is 8.33. The van der Waals surface area contributed by atoms with Crippen LogP contribution in [-0.4, -0.2) is 5.11 Å². The van der Waals surface area contributed by atoms with Gasteiger partial charge in [-0.05, 0) is 17.7 Å². The summed E-state index contributed by atoms with van der Waals surface area (Å²) in [7, 11) is 0. The summed E-state index contributed by atoms with van der Waals surface area (Å²) in [5.74, 6) is 0. The Bertz CT molecular complexity index is 513. The number of para-hydroxylation sites is 1. The second kappa shape index (κ2) is 5.34. The molecular formula is C14H14BrNO. The van der Waals surface area contributed by atoms with Crippen LogP contribution < -0.4 is 5.73 Å². The first-order valence-electron chi connectivity index (χ1n) is 5.44. The van der Waals surface area contributed by atoms with Gasteiger partial charge < -0.3 is 10.8 Å². The summed E-state index contributed by atoms with van der Waals surface area (Å²) in [6.07, 6.45) is -0.0229. The smallest absolute Gasteiger partial charge is 0.0850 e. The van der Waals surface area contributed by atoms with Crippen molar-refractivity contribution in [3.05, 3.63) is 64.1 Å². The molecule has 0 saturated heterocycles. The molecule has 2 aromatic carbocycles. The van der Waals surface area contributed by atoms with E-state index in [0.29, 0.717) is 12.1 Å². The van der Waals surface area contributed by atoms with Gasteiger partial charge in [0.1, 0.15) is 0 Å². The Morgan fingerprint density at radius 1 is 1.06 bits per heavy atom. The maximum Gasteiger partial charge on any atom is 0.0850 e. The van der Waals surface area contributed by atoms with Crippen LogP contribution in [0, 0.1) is 0 Å². The highest BCUT2D eigenvalue weighted by Gasteiger charge is 2.12. The van der Waals surface area contributed by atoms with Crippen molar-refractivity contribution in [2.75, 3.05) is 5.73 Å². The van der Waals surface area contributed by atoms with Crippen LogP contribution in [0.4, 0.5) is 5.69 Å². The number of rotatable bonds is 3. The highest BCUT2D eigenvalue weighted by atomic mass is 79.9. The van der Waals surface area contributed by atoms with Gasteiger partial charge in [-0.1, -0.05) is 52.3 Å². The van der Waals surface area contributed by atoms with Crippen molar-refractivity contribution in [1.82, 2.24) is 0 Å². The van der Waals surface area contributed by atoms with Gasteiger partial charge in [0.25, 0.3) is 0 Å². The lowest BCUT2D eigenvalue weighted by atomic mass is 10.0. The van der Waals surface area contributed by atoms with Gasteiger partial charge in [0.2, 0.25) is 0 Å². The average molecular weight is 292 g/mol. The van der Waals surface area contributed by atoms with Gasteiger partial charge in [0.05, 0.1) is 6.10 Å². The number of hydrogen-bond acceptors (Lipinski definition) is 2. The van der Waals surface area contributed by atoms with Crippen LogP contribution in [0.25, 0.3) is 0 Å². The van der Waals surface area contributed by atoms with E-state index in [-0.39, 0.29) is 0 Å². The molecule has 0 aromatic heterocycles. The van der Waals surface area contributed by atoms with Gasteiger partial charge in [0.15, 0.2) is 0 Å². The number of aliphatic hydroxyl groups is 1. The SMILES string of the molecule is Nc1ccccc1C(O)Cc1ccccc1Br. The number of nitrogen functional groups attached to an aromatic ring is 1. The number of benzene rings is 2. The summed E-state index contributed by atoms with van der Waals surface area (Å²) in [4.78, 5) is 0. The van der Waals surface area contributed by atoms with Gasteiger partial charge in [-0.15, -0.1) is 0 Å². The third-order valence-electron chi connectivity index (χ3n) is 2.73. The molecule has 2 aromatic rings. The van der Waals surface area contributed by atoms with E-state index in [1.54, 1.807) is 6.07 Å². The van der Waals surface area contributed by atoms with Crippen LogP contribution >= 0.6 is 15.9 Å². The molecular weight excluding hydrogens is 278 g/mol. The molecule has 3 heteroatoms. The zero-order valence-electron chi connectivity index (χ0n) is 9.31. The standard InChI is InChI=1S/C14H14BrNO/c15-12-7-3-1-5-10(12)9-14(17)11-6-2-4-8-13(11)16/h1-8,14,17H,9,16H2. The largest absolute Gasteiger partial charge is 0.398 e. The monoisotopic (exact) mass is 291 g/mol. The molecule has 1 unspecified atom stereocenters. The Labute approximate surface area is 109 Å². The van der Waals surface area contributed by atoms with Crippen LogP contribution in [-0.2, 0) is 6.42 Å². The molecule has 0 heterocycles. The fourth-order valence-electron chi connectivity index (χ4n) is 1.80. The molecule has 17 heavy (non-hydrogen) atoms. The van der Waals surface area contributed by atoms with E-state index >= 15 is 0 Å². The molecule has 2 rings (SSSR count). The molecule has 0 fully saturated rings. The van der Waals surface area contributed by atoms with Gasteiger partial charge >= 0.3 is 0 Å². The van der Waals surface area contributed by atoms with Crippen molar-refractivity contribution in [2.45, 2.75) is 12.5 Å². The van der Waals surface area contributed by atoms with Crippen molar-refractivity contribution >= 4 is 21.6 Å². The molecule has 88 valence electrons. The highest BCUT2D eigenvalue weighted by Crippen LogP contribution is 2.26. The zero-order valence-corrected chi connectivity index (χ0v) is 10.9. The molecule has 0 saturated carbocycles. The Balaban J connectivity index is 2.20. The number of hydrogen-bond donors (Lipinski definition) is 2. The van der Waals surface area contributed by atoms with Crippen molar-refractivity contribution in [1.29, 1.82) is 0 Å². The number of anilines is 1. The summed E-state index contributed by atoms with van der Waals surface area (Å²) in [6.45, 7) is 0. The maximum absolute atomic E-state index is 10.2. The Kier molecular flexibility index (Phi) is 3.82. The van der Waals surface area contributed by atoms with Gasteiger partial charge in [-0.3, -0.25) is 0 Å². The average Bonchev–Trinajstić information content (AvgIpc) is 2.32. The highest BCUT2D eigenvalue weighted by molar-refractivity contribution is 9.10. The lowest BCUT2D eigenvalue weighted by Crippen LogP contribution is -2.05. The predicted molar refractivity (Wildman–Crippen MR) is 73.7 cm³/mol. The van der Waals surface area contributed by atoms with E-state index in [4.69, 9.17) is 5.73 Å². The van der Waals surface area contributed by atoms with E-state index in [2.05, 4.69) is 15.9 Å². The second-order valence-electron chi connectivity index (χ2n) is 3.94. The van der Waals surface area contributed by atoms with E-state index in [0.717, 1.165) is 15.6 Å². The van der Waals surface area contributed by atoms with Crippen LogP contribution in [0.15, 0.2) is 53.0 Å². The van der Waals surface area contributed by atoms with Crippen molar-refractivity contribution < 1.29 is 5.11 Å². The Morgan fingerprint density at radius 2 is 1.71 bits per heavy atom. The summed E-state index contributed by atoms with van der Waals surface area (Å²) < 4.78 is 1.01. The predicted octanol–water partition coefficient (Wildman–Crippen LogP) is 3.31. The maximum atomic E-state index is 10.2. The minimum Gasteiger partial charge on any atom is -0.398 e. The van der Waals surface area contributed by atoms with Gasteiger partial charge in [-0.2, -0.15) is 0 Å². The van der Waals surface area contributed by atoms with Crippen molar-refractivity contribution in [2.24, 2.45) is 0 Å². The third kappa shape index (κ3) is 2.87. The number of nitrogens with two attached hydrogens (primary N) is 1. The molecule has 0 bridgehead atoms. The number of aliphatic hydroxyl groups excluding tert-OH is 1. The quantitative estimate of drug-likeness (QED) is 0.853. The summed E-state index contributed by atoms with van der Waals surface area (Å²) in [5, 5.41) is 10.2. The normalized spacial score (nSPS) is 12.4. The molecule has 0 aliphatic heterocycles. The molecule has 0 radical (unpaired) electrons. The topological polar surface area (TPSA) is 46.2 Å². The number of halogens is 1. The van der Waals surface area contributed by atoms with Crippen molar-refractivity contribution in [3.63, 3.8) is 0 Å². The Hall–Kier alpha value is -1.32. The van der Waals surface area contributed by atoms with Crippen LogP contribution in [0.5, 0.6) is 0 Å². The zero-order chi connectivity index (χ0) is 12.3. The van der Waals surface area contributed by atoms with E-state index in [1.165, 1.54) is 0 Å². The first kappa shape index (κ1) is 12.1. The molecule has 0 spiro atoms. The second-order valence-corrected chi connectivity index (χ2v) is 4.79. The summed E-state index contributed by atoms with van der Waals surface area (Å²) >= 11 is 3.47. The minimum absolute atomic E-state index is 0.551. The summed E-state index contributed by atoms with van der Waals surface area (Å²) in [6, 6.07) is 15.3. The molecule has 0 aliphatic rings. The van der Waals surface area contributed by atoms with Gasteiger partial charge in [-0.25, -0.2) is 0 Å². The molecule has 2 nitrogen and oxygen atoms in total. The Morgan fingerprint density at radius 3 is 2.41 bits per heavy atom. The van der Waals surface area contributed by atoms with E-state index < -0.39 is 6.10 Å². The van der Waals surface area contributed by atoms with E-state index in [1.807, 2.05) is 42.5 Å². The fourth-order valence-corrected chi connectivity index (χ4v) is 2.24. The van der Waals surface area contributed by atoms with Crippen LogP contribution in [0.3, 0.4) is 0 Å². The van der Waals surface area contributed by atoms with Crippen LogP contribution in [0.1, 0.15) is 17.2 Å². The fraction of sp³-hybridized carbons (Fsp3) is 0.143. The van der Waals surface area contributed by atoms with Gasteiger partial charge in [0, 0.05) is 22.1 Å². The molecule has 1 atom stereocenters. The first-order chi connectivity index (χ1) is 8.18. The van der Waals surface area contributed by atoms with Crippen LogP contribution in [0.2, 0.25) is 0 Å². The van der Waals surface area contributed by atoms with Crippen molar-refractivity contribution in [3.8, 4) is 0 Å². The lowest BCUT2D eigenvalue weighted by Gasteiger charge is -2.14. The molecule has 0 aliphatic carbocycles. The molecule has 0 amide bonds.